The van der Waals surface area contributed by atoms with E-state index in [-0.39, 0.29) is 0 Å². The van der Waals surface area contributed by atoms with Gasteiger partial charge in [0.15, 0.2) is 0 Å². The van der Waals surface area contributed by atoms with E-state index in [1.54, 1.807) is 0 Å². The van der Waals surface area contributed by atoms with Crippen LogP contribution >= 0.6 is 0 Å². The van der Waals surface area contributed by atoms with Crippen molar-refractivity contribution in [3.8, 4) is 0 Å². The van der Waals surface area contributed by atoms with Crippen molar-refractivity contribution in [2.75, 3.05) is 11.9 Å². The molecule has 1 aromatic carbocycles. The summed E-state index contributed by atoms with van der Waals surface area (Å²) < 4.78 is 2.01. The van der Waals surface area contributed by atoms with Crippen LogP contribution in [0.2, 0.25) is 0 Å². The van der Waals surface area contributed by atoms with Gasteiger partial charge in [0.1, 0.15) is 5.82 Å². The fraction of sp³-hybridized carbons (Fsp3) is 0.231. The summed E-state index contributed by atoms with van der Waals surface area (Å²) in [4.78, 5) is 14.2. The Balaban J connectivity index is 1.88. The number of aryl methyl sites for hydroxylation is 1. The zero-order valence-electron chi connectivity index (χ0n) is 10.5. The number of aromatic amines is 1. The first kappa shape index (κ1) is 10.8. The molecule has 1 N–H and O–H groups in total. The quantitative estimate of drug-likeness (QED) is 0.762. The molecule has 0 aliphatic heterocycles. The maximum Gasteiger partial charge on any atom is 0.203 e. The number of anilines is 1. The average Bonchev–Trinajstić information content (AvgIpc) is 2.96. The molecule has 0 unspecified atom stereocenters. The van der Waals surface area contributed by atoms with Crippen LogP contribution in [0.25, 0.3) is 11.0 Å². The standard InChI is InChI=1S/C13H15N5/c1-17-8-7-14-12(17)9-18(2)13-15-10-5-3-4-6-11(10)16-13/h3-8H,9H2,1-2H3,(H,15,16). The molecule has 2 aromatic heterocycles. The number of H-pyrrole nitrogens is 1. The van der Waals surface area contributed by atoms with Crippen molar-refractivity contribution in [1.29, 1.82) is 0 Å². The Bertz CT molecular complexity index is 634. The van der Waals surface area contributed by atoms with Crippen LogP contribution in [0.3, 0.4) is 0 Å². The first-order valence-corrected chi connectivity index (χ1v) is 5.86. The fourth-order valence-electron chi connectivity index (χ4n) is 1.96. The van der Waals surface area contributed by atoms with Crippen LogP contribution in [0, 0.1) is 0 Å². The number of aromatic nitrogens is 4. The van der Waals surface area contributed by atoms with Gasteiger partial charge in [-0.05, 0) is 12.1 Å². The van der Waals surface area contributed by atoms with Crippen molar-refractivity contribution in [3.05, 3.63) is 42.5 Å². The average molecular weight is 241 g/mol. The van der Waals surface area contributed by atoms with E-state index < -0.39 is 0 Å². The second-order valence-electron chi connectivity index (χ2n) is 4.39. The molecule has 0 fully saturated rings. The van der Waals surface area contributed by atoms with Gasteiger partial charge in [0.05, 0.1) is 17.6 Å². The number of rotatable bonds is 3. The fourth-order valence-corrected chi connectivity index (χ4v) is 1.96. The lowest BCUT2D eigenvalue weighted by atomic mass is 10.3. The van der Waals surface area contributed by atoms with Crippen molar-refractivity contribution in [3.63, 3.8) is 0 Å². The molecule has 3 aromatic rings. The Morgan fingerprint density at radius 2 is 2.17 bits per heavy atom. The summed E-state index contributed by atoms with van der Waals surface area (Å²) in [5.41, 5.74) is 2.04. The van der Waals surface area contributed by atoms with Crippen molar-refractivity contribution < 1.29 is 0 Å². The SMILES string of the molecule is CN(Cc1nccn1C)c1nc2ccccc2[nH]1. The monoisotopic (exact) mass is 241 g/mol. The molecule has 0 aliphatic carbocycles. The summed E-state index contributed by atoms with van der Waals surface area (Å²) in [6, 6.07) is 8.03. The summed E-state index contributed by atoms with van der Waals surface area (Å²) in [6.45, 7) is 0.726. The van der Waals surface area contributed by atoms with Gasteiger partial charge in [0.25, 0.3) is 0 Å². The van der Waals surface area contributed by atoms with Crippen LogP contribution in [0.15, 0.2) is 36.7 Å². The molecule has 0 amide bonds. The summed E-state index contributed by atoms with van der Waals surface area (Å²) in [6.07, 6.45) is 3.75. The van der Waals surface area contributed by atoms with Crippen molar-refractivity contribution in [2.24, 2.45) is 7.05 Å². The lowest BCUT2D eigenvalue weighted by molar-refractivity contribution is 0.751. The molecule has 0 atom stereocenters. The predicted molar refractivity (Wildman–Crippen MR) is 71.4 cm³/mol. The molecule has 0 aliphatic rings. The van der Waals surface area contributed by atoms with Gasteiger partial charge in [-0.3, -0.25) is 0 Å². The smallest absolute Gasteiger partial charge is 0.203 e. The van der Waals surface area contributed by atoms with Crippen LogP contribution in [0.5, 0.6) is 0 Å². The lowest BCUT2D eigenvalue weighted by Gasteiger charge is -2.15. The number of para-hydroxylation sites is 2. The molecule has 5 heteroatoms. The normalized spacial score (nSPS) is 11.0. The molecule has 92 valence electrons. The van der Waals surface area contributed by atoms with E-state index in [9.17, 15) is 0 Å². The Labute approximate surface area is 105 Å². The molecule has 2 heterocycles. The molecule has 0 radical (unpaired) electrons. The predicted octanol–water partition coefficient (Wildman–Crippen LogP) is 1.93. The summed E-state index contributed by atoms with van der Waals surface area (Å²) in [5, 5.41) is 0. The van der Waals surface area contributed by atoms with Crippen LogP contribution in [0.4, 0.5) is 5.95 Å². The van der Waals surface area contributed by atoms with E-state index in [1.807, 2.05) is 55.3 Å². The summed E-state index contributed by atoms with van der Waals surface area (Å²) >= 11 is 0. The first-order valence-electron chi connectivity index (χ1n) is 5.86. The third-order valence-corrected chi connectivity index (χ3v) is 3.04. The van der Waals surface area contributed by atoms with Gasteiger partial charge in [-0.2, -0.15) is 0 Å². The molecule has 0 saturated carbocycles. The molecule has 3 rings (SSSR count). The number of hydrogen-bond donors (Lipinski definition) is 1. The van der Waals surface area contributed by atoms with Gasteiger partial charge in [-0.15, -0.1) is 0 Å². The highest BCUT2D eigenvalue weighted by Crippen LogP contribution is 2.17. The van der Waals surface area contributed by atoms with E-state index in [2.05, 4.69) is 19.9 Å². The minimum Gasteiger partial charge on any atom is -0.338 e. The Hall–Kier alpha value is -2.30. The molecular formula is C13H15N5. The molecule has 18 heavy (non-hydrogen) atoms. The number of imidazole rings is 2. The third kappa shape index (κ3) is 1.84. The molecule has 0 bridgehead atoms. The second kappa shape index (κ2) is 4.18. The molecular weight excluding hydrogens is 226 g/mol. The highest BCUT2D eigenvalue weighted by Gasteiger charge is 2.09. The topological polar surface area (TPSA) is 49.7 Å². The van der Waals surface area contributed by atoms with Crippen LogP contribution in [-0.2, 0) is 13.6 Å². The number of fused-ring (bicyclic) bond motifs is 1. The van der Waals surface area contributed by atoms with Gasteiger partial charge in [0.2, 0.25) is 5.95 Å². The van der Waals surface area contributed by atoms with Crippen molar-refractivity contribution in [1.82, 2.24) is 19.5 Å². The molecule has 5 nitrogen and oxygen atoms in total. The minimum absolute atomic E-state index is 0.726. The number of benzene rings is 1. The zero-order valence-corrected chi connectivity index (χ0v) is 10.5. The summed E-state index contributed by atoms with van der Waals surface area (Å²) in [5.74, 6) is 1.87. The zero-order chi connectivity index (χ0) is 12.5. The van der Waals surface area contributed by atoms with Gasteiger partial charge < -0.3 is 14.5 Å². The van der Waals surface area contributed by atoms with Gasteiger partial charge in [0, 0.05) is 26.5 Å². The van der Waals surface area contributed by atoms with Gasteiger partial charge >= 0.3 is 0 Å². The van der Waals surface area contributed by atoms with Crippen molar-refractivity contribution >= 4 is 17.0 Å². The van der Waals surface area contributed by atoms with Crippen LogP contribution in [0.1, 0.15) is 5.82 Å². The Morgan fingerprint density at radius 1 is 1.33 bits per heavy atom. The second-order valence-corrected chi connectivity index (χ2v) is 4.39. The highest BCUT2D eigenvalue weighted by molar-refractivity contribution is 5.77. The number of hydrogen-bond acceptors (Lipinski definition) is 3. The minimum atomic E-state index is 0.726. The molecule has 0 saturated heterocycles. The van der Waals surface area contributed by atoms with E-state index in [0.717, 1.165) is 29.4 Å². The number of nitrogens with zero attached hydrogens (tertiary/aromatic N) is 4. The summed E-state index contributed by atoms with van der Waals surface area (Å²) in [7, 11) is 4.00. The van der Waals surface area contributed by atoms with E-state index in [4.69, 9.17) is 0 Å². The van der Waals surface area contributed by atoms with E-state index in [1.165, 1.54) is 0 Å². The van der Waals surface area contributed by atoms with E-state index >= 15 is 0 Å². The highest BCUT2D eigenvalue weighted by atomic mass is 15.3. The Morgan fingerprint density at radius 3 is 2.89 bits per heavy atom. The Kier molecular flexibility index (Phi) is 2.51. The molecule has 0 spiro atoms. The van der Waals surface area contributed by atoms with Crippen molar-refractivity contribution in [2.45, 2.75) is 6.54 Å². The first-order chi connectivity index (χ1) is 8.74. The third-order valence-electron chi connectivity index (χ3n) is 3.04. The van der Waals surface area contributed by atoms with E-state index in [0.29, 0.717) is 0 Å². The van der Waals surface area contributed by atoms with Crippen LogP contribution in [-0.4, -0.2) is 26.6 Å². The van der Waals surface area contributed by atoms with Gasteiger partial charge in [-0.1, -0.05) is 12.1 Å². The lowest BCUT2D eigenvalue weighted by Crippen LogP contribution is -2.20. The van der Waals surface area contributed by atoms with Crippen LogP contribution < -0.4 is 4.90 Å². The van der Waals surface area contributed by atoms with Gasteiger partial charge in [-0.25, -0.2) is 9.97 Å². The number of nitrogens with one attached hydrogen (secondary N) is 1. The maximum atomic E-state index is 4.56. The largest absolute Gasteiger partial charge is 0.338 e. The maximum absolute atomic E-state index is 4.56.